The molecule has 0 aliphatic carbocycles. The zero-order chi connectivity index (χ0) is 35.2. The highest BCUT2D eigenvalue weighted by Crippen LogP contribution is 2.34. The van der Waals surface area contributed by atoms with Gasteiger partial charge in [-0.05, 0) is 116 Å². The van der Waals surface area contributed by atoms with E-state index < -0.39 is 33.9 Å². The summed E-state index contributed by atoms with van der Waals surface area (Å²) in [5.74, 6) is 0.346. The lowest BCUT2D eigenvalue weighted by atomic mass is 10.1. The zero-order valence-electron chi connectivity index (χ0n) is 28.8. The molecule has 2 saturated heterocycles. The van der Waals surface area contributed by atoms with E-state index in [0.29, 0.717) is 53.7 Å². The number of nitrogens with zero attached hydrogens (tertiary/aromatic N) is 4. The van der Waals surface area contributed by atoms with Crippen LogP contribution in [0.25, 0.3) is 11.4 Å². The van der Waals surface area contributed by atoms with Gasteiger partial charge in [0.2, 0.25) is 16.0 Å². The van der Waals surface area contributed by atoms with Gasteiger partial charge in [-0.25, -0.2) is 27.5 Å². The van der Waals surface area contributed by atoms with Gasteiger partial charge in [-0.2, -0.15) is 4.98 Å². The maximum Gasteiger partial charge on any atom is 0.421 e. The van der Waals surface area contributed by atoms with Gasteiger partial charge in [0, 0.05) is 43.7 Å². The number of ether oxygens (including phenoxy) is 4. The Balaban J connectivity index is 0.00000562. The van der Waals surface area contributed by atoms with Crippen molar-refractivity contribution in [3.63, 3.8) is 0 Å². The van der Waals surface area contributed by atoms with Gasteiger partial charge in [-0.3, -0.25) is 0 Å². The number of carbonyl (C=O) groups is 1. The molecule has 5 rings (SSSR count). The highest BCUT2D eigenvalue weighted by Gasteiger charge is 2.32. The van der Waals surface area contributed by atoms with Crippen LogP contribution in [0.3, 0.4) is 0 Å². The Morgan fingerprint density at radius 3 is 2.43 bits per heavy atom. The number of carbonyl (C=O) groups excluding carboxylic acids is 1. The molecule has 3 heterocycles. The molecule has 1 amide bonds. The van der Waals surface area contributed by atoms with Crippen molar-refractivity contribution in [3.05, 3.63) is 48.0 Å². The zero-order valence-corrected chi connectivity index (χ0v) is 29.6. The van der Waals surface area contributed by atoms with E-state index in [1.54, 1.807) is 75.7 Å². The summed E-state index contributed by atoms with van der Waals surface area (Å²) < 4.78 is 52.0. The first kappa shape index (κ1) is 36.2. The average Bonchev–Trinajstić information content (AvgIpc) is 3.49. The second kappa shape index (κ2) is 15.7. The first-order valence-corrected chi connectivity index (χ1v) is 18.3. The van der Waals surface area contributed by atoms with E-state index in [4.69, 9.17) is 34.4 Å². The SMILES string of the molecule is CC(C)NS(=O)(=O)COc1ccc(-c2nc(N(C(=O)OC(C)(C)C)c3ccc(NC4CCCCO4)c(C=N)c3)nn2C2CCCCO2)cc1.[HH]. The normalized spacial score (nSPS) is 18.6. The van der Waals surface area contributed by atoms with Crippen LogP contribution < -0.4 is 19.7 Å². The van der Waals surface area contributed by atoms with Crippen molar-refractivity contribution in [2.45, 2.75) is 97.2 Å². The summed E-state index contributed by atoms with van der Waals surface area (Å²) in [6.07, 6.45) is 5.45. The van der Waals surface area contributed by atoms with Crippen LogP contribution in [0.15, 0.2) is 42.5 Å². The maximum atomic E-state index is 13.9. The molecule has 2 aliphatic heterocycles. The van der Waals surface area contributed by atoms with Crippen molar-refractivity contribution in [1.29, 1.82) is 5.41 Å². The second-order valence-electron chi connectivity index (χ2n) is 13.4. The third-order valence-electron chi connectivity index (χ3n) is 7.68. The minimum atomic E-state index is -3.62. The summed E-state index contributed by atoms with van der Waals surface area (Å²) in [4.78, 5) is 20.0. The van der Waals surface area contributed by atoms with Crippen LogP contribution in [-0.4, -0.2) is 72.5 Å². The Morgan fingerprint density at radius 1 is 1.10 bits per heavy atom. The lowest BCUT2D eigenvalue weighted by Gasteiger charge is -2.27. The third kappa shape index (κ3) is 9.78. The average molecular weight is 700 g/mol. The Kier molecular flexibility index (Phi) is 11.6. The van der Waals surface area contributed by atoms with Crippen LogP contribution in [0, 0.1) is 5.41 Å². The molecule has 2 unspecified atom stereocenters. The number of anilines is 3. The lowest BCUT2D eigenvalue weighted by molar-refractivity contribution is -0.0384. The Morgan fingerprint density at radius 2 is 1.82 bits per heavy atom. The number of hydrogen-bond acceptors (Lipinski definition) is 11. The van der Waals surface area contributed by atoms with Gasteiger partial charge in [-0.1, -0.05) is 0 Å². The van der Waals surface area contributed by atoms with Crippen LogP contribution in [0.2, 0.25) is 0 Å². The van der Waals surface area contributed by atoms with E-state index in [1.165, 1.54) is 11.1 Å². The molecule has 0 radical (unpaired) electrons. The molecule has 2 fully saturated rings. The molecule has 2 atom stereocenters. The van der Waals surface area contributed by atoms with E-state index in [-0.39, 0.29) is 19.6 Å². The van der Waals surface area contributed by atoms with E-state index >= 15 is 0 Å². The van der Waals surface area contributed by atoms with Crippen LogP contribution in [0.1, 0.15) is 86.4 Å². The summed E-state index contributed by atoms with van der Waals surface area (Å²) >= 11 is 0. The van der Waals surface area contributed by atoms with Gasteiger partial charge >= 0.3 is 6.09 Å². The minimum Gasteiger partial charge on any atom is -0.476 e. The molecule has 14 nitrogen and oxygen atoms in total. The van der Waals surface area contributed by atoms with Gasteiger partial charge in [0.25, 0.3) is 5.95 Å². The topological polar surface area (TPSA) is 170 Å². The fourth-order valence-corrected chi connectivity index (χ4v) is 6.62. The first-order valence-electron chi connectivity index (χ1n) is 16.7. The van der Waals surface area contributed by atoms with Crippen LogP contribution in [0.5, 0.6) is 5.75 Å². The molecule has 0 bridgehead atoms. The Labute approximate surface area is 289 Å². The number of aromatic nitrogens is 3. The smallest absolute Gasteiger partial charge is 0.421 e. The van der Waals surface area contributed by atoms with Crippen molar-refractivity contribution in [3.8, 4) is 17.1 Å². The second-order valence-corrected chi connectivity index (χ2v) is 15.1. The molecule has 2 aromatic carbocycles. The third-order valence-corrected chi connectivity index (χ3v) is 8.94. The number of nitrogens with one attached hydrogen (secondary N) is 3. The molecule has 3 N–H and O–H groups in total. The van der Waals surface area contributed by atoms with Crippen LogP contribution >= 0.6 is 0 Å². The molecule has 49 heavy (non-hydrogen) atoms. The summed E-state index contributed by atoms with van der Waals surface area (Å²) in [7, 11) is -3.62. The largest absolute Gasteiger partial charge is 0.476 e. The van der Waals surface area contributed by atoms with Crippen LogP contribution in [-0.2, 0) is 24.2 Å². The molecule has 2 aliphatic rings. The van der Waals surface area contributed by atoms with E-state index in [0.717, 1.165) is 32.1 Å². The molecular formula is C34H49N7O7S. The number of rotatable bonds is 12. The van der Waals surface area contributed by atoms with Crippen molar-refractivity contribution < 1.29 is 33.6 Å². The van der Waals surface area contributed by atoms with E-state index in [9.17, 15) is 13.2 Å². The standard InChI is InChI=1S/C34H47N7O7S.H2/c1-23(2)39-49(43,44)22-47-27-15-12-24(13-16-27)31-37-32(38-41(31)30-11-7-9-19-46-30)40(33(42)48-34(3,4)5)26-14-17-28(25(20-26)21-35)36-29-10-6-8-18-45-29;/h12-17,20-21,23,29-30,35-36,39H,6-11,18-19,22H2,1-5H3;1H. The summed E-state index contributed by atoms with van der Waals surface area (Å²) in [5, 5.41) is 16.3. The Hall–Kier alpha value is -4.05. The lowest BCUT2D eigenvalue weighted by Crippen LogP contribution is -2.34. The fraction of sp³-hybridized carbons (Fsp3) is 0.529. The molecule has 3 aromatic rings. The predicted octanol–water partition coefficient (Wildman–Crippen LogP) is 6.56. The molecule has 15 heteroatoms. The van der Waals surface area contributed by atoms with Gasteiger partial charge in [0.1, 0.15) is 17.6 Å². The highest BCUT2D eigenvalue weighted by atomic mass is 32.2. The minimum absolute atomic E-state index is 0. The summed E-state index contributed by atoms with van der Waals surface area (Å²) in [5.41, 5.74) is 1.51. The highest BCUT2D eigenvalue weighted by molar-refractivity contribution is 7.89. The molecule has 0 spiro atoms. The monoisotopic (exact) mass is 699 g/mol. The first-order chi connectivity index (χ1) is 23.3. The van der Waals surface area contributed by atoms with E-state index in [2.05, 4.69) is 10.0 Å². The maximum absolute atomic E-state index is 13.9. The quantitative estimate of drug-likeness (QED) is 0.176. The van der Waals surface area contributed by atoms with Gasteiger partial charge < -0.3 is 29.7 Å². The molecule has 0 saturated carbocycles. The fourth-order valence-electron chi connectivity index (χ4n) is 5.54. The van der Waals surface area contributed by atoms with Crippen LogP contribution in [0.4, 0.5) is 22.1 Å². The van der Waals surface area contributed by atoms with Gasteiger partial charge in [-0.15, -0.1) is 5.10 Å². The molecule has 268 valence electrons. The van der Waals surface area contributed by atoms with Gasteiger partial charge in [0.05, 0.1) is 5.69 Å². The van der Waals surface area contributed by atoms with Crippen molar-refractivity contribution >= 4 is 39.7 Å². The number of amides is 1. The summed E-state index contributed by atoms with van der Waals surface area (Å²) in [6.45, 7) is 10.1. The number of benzene rings is 2. The van der Waals surface area contributed by atoms with Crippen molar-refractivity contribution in [2.24, 2.45) is 0 Å². The van der Waals surface area contributed by atoms with E-state index in [1.807, 2.05) is 6.07 Å². The summed E-state index contributed by atoms with van der Waals surface area (Å²) in [6, 6.07) is 11.9. The number of hydrogen-bond donors (Lipinski definition) is 3. The molecule has 1 aromatic heterocycles. The Bertz CT molecular complexity index is 1700. The predicted molar refractivity (Wildman–Crippen MR) is 189 cm³/mol. The van der Waals surface area contributed by atoms with Crippen molar-refractivity contribution in [1.82, 2.24) is 19.5 Å². The van der Waals surface area contributed by atoms with Crippen molar-refractivity contribution in [2.75, 3.05) is 29.4 Å². The molecular weight excluding hydrogens is 650 g/mol. The van der Waals surface area contributed by atoms with Gasteiger partial charge in [0.15, 0.2) is 12.1 Å². The number of sulfonamides is 1.